The number of benzene rings is 2. The van der Waals surface area contributed by atoms with Gasteiger partial charge in [0.25, 0.3) is 0 Å². The summed E-state index contributed by atoms with van der Waals surface area (Å²) in [6.07, 6.45) is 6.62. The molecule has 0 spiro atoms. The van der Waals surface area contributed by atoms with E-state index in [1.54, 1.807) is 13.3 Å². The maximum absolute atomic E-state index is 5.38. The predicted octanol–water partition coefficient (Wildman–Crippen LogP) is 3.53. The van der Waals surface area contributed by atoms with Gasteiger partial charge in [0.2, 0.25) is 0 Å². The molecule has 1 aromatic heterocycles. The normalized spacial score (nSPS) is 16.1. The molecule has 0 aliphatic carbocycles. The predicted molar refractivity (Wildman–Crippen MR) is 99.2 cm³/mol. The molecule has 128 valence electrons. The SMILES string of the molecule is COc1ccc2c(c1)C(NCc1ccc(-n3ccnc3)cc1)CCN2. The van der Waals surface area contributed by atoms with E-state index in [1.165, 1.54) is 16.8 Å². The highest BCUT2D eigenvalue weighted by Crippen LogP contribution is 2.33. The number of imidazole rings is 1. The molecule has 5 heteroatoms. The van der Waals surface area contributed by atoms with Crippen LogP contribution in [0.3, 0.4) is 0 Å². The van der Waals surface area contributed by atoms with Gasteiger partial charge in [0.15, 0.2) is 0 Å². The van der Waals surface area contributed by atoms with Crippen LogP contribution in [0.2, 0.25) is 0 Å². The lowest BCUT2D eigenvalue weighted by molar-refractivity contribution is 0.412. The molecule has 0 fully saturated rings. The molecule has 0 radical (unpaired) electrons. The molecule has 0 amide bonds. The van der Waals surface area contributed by atoms with E-state index in [2.05, 4.69) is 52.0 Å². The number of fused-ring (bicyclic) bond motifs is 1. The summed E-state index contributed by atoms with van der Waals surface area (Å²) in [5.41, 5.74) is 4.87. The number of nitrogens with one attached hydrogen (secondary N) is 2. The average Bonchev–Trinajstić information content (AvgIpc) is 3.21. The molecule has 2 heterocycles. The Morgan fingerprint density at radius 2 is 2.12 bits per heavy atom. The first-order chi connectivity index (χ1) is 12.3. The molecule has 1 aliphatic heterocycles. The molecule has 0 bridgehead atoms. The average molecular weight is 334 g/mol. The van der Waals surface area contributed by atoms with Gasteiger partial charge in [-0.1, -0.05) is 12.1 Å². The summed E-state index contributed by atoms with van der Waals surface area (Å²) in [5.74, 6) is 0.902. The van der Waals surface area contributed by atoms with E-state index < -0.39 is 0 Å². The lowest BCUT2D eigenvalue weighted by Crippen LogP contribution is -2.28. The van der Waals surface area contributed by atoms with E-state index in [-0.39, 0.29) is 0 Å². The van der Waals surface area contributed by atoms with E-state index in [0.717, 1.165) is 30.9 Å². The van der Waals surface area contributed by atoms with E-state index >= 15 is 0 Å². The van der Waals surface area contributed by atoms with Gasteiger partial charge >= 0.3 is 0 Å². The summed E-state index contributed by atoms with van der Waals surface area (Å²) in [6.45, 7) is 1.82. The number of aromatic nitrogens is 2. The van der Waals surface area contributed by atoms with Crippen LogP contribution in [0.1, 0.15) is 23.6 Å². The fraction of sp³-hybridized carbons (Fsp3) is 0.250. The van der Waals surface area contributed by atoms with Crippen molar-refractivity contribution in [2.45, 2.75) is 19.0 Å². The molecular formula is C20H22N4O. The molecule has 1 unspecified atom stereocenters. The molecule has 3 aromatic rings. The van der Waals surface area contributed by atoms with Gasteiger partial charge in [-0.2, -0.15) is 0 Å². The van der Waals surface area contributed by atoms with E-state index in [4.69, 9.17) is 4.74 Å². The monoisotopic (exact) mass is 334 g/mol. The van der Waals surface area contributed by atoms with Gasteiger partial charge in [-0.05, 0) is 47.9 Å². The molecule has 2 aromatic carbocycles. The second-order valence-electron chi connectivity index (χ2n) is 6.24. The van der Waals surface area contributed by atoms with Gasteiger partial charge in [-0.15, -0.1) is 0 Å². The van der Waals surface area contributed by atoms with Crippen molar-refractivity contribution in [2.75, 3.05) is 19.0 Å². The molecule has 1 aliphatic rings. The first kappa shape index (κ1) is 15.7. The summed E-state index contributed by atoms with van der Waals surface area (Å²) in [6, 6.07) is 15.1. The van der Waals surface area contributed by atoms with Crippen LogP contribution in [0.15, 0.2) is 61.2 Å². The zero-order valence-corrected chi connectivity index (χ0v) is 14.3. The first-order valence-corrected chi connectivity index (χ1v) is 8.56. The van der Waals surface area contributed by atoms with Gasteiger partial charge in [0.1, 0.15) is 5.75 Å². The fourth-order valence-electron chi connectivity index (χ4n) is 3.27. The maximum Gasteiger partial charge on any atom is 0.119 e. The number of ether oxygens (including phenoxy) is 1. The number of methoxy groups -OCH3 is 1. The van der Waals surface area contributed by atoms with Gasteiger partial charge in [0.05, 0.1) is 13.4 Å². The highest BCUT2D eigenvalue weighted by atomic mass is 16.5. The third kappa shape index (κ3) is 3.37. The Kier molecular flexibility index (Phi) is 4.39. The summed E-state index contributed by atoms with van der Waals surface area (Å²) in [5, 5.41) is 7.15. The van der Waals surface area contributed by atoms with Crippen LogP contribution in [0.5, 0.6) is 5.75 Å². The van der Waals surface area contributed by atoms with Crippen LogP contribution in [-0.4, -0.2) is 23.2 Å². The first-order valence-electron chi connectivity index (χ1n) is 8.56. The quantitative estimate of drug-likeness (QED) is 0.749. The molecule has 25 heavy (non-hydrogen) atoms. The molecular weight excluding hydrogens is 312 g/mol. The highest BCUT2D eigenvalue weighted by molar-refractivity contribution is 5.57. The summed E-state index contributed by atoms with van der Waals surface area (Å²) < 4.78 is 7.38. The summed E-state index contributed by atoms with van der Waals surface area (Å²) in [7, 11) is 1.71. The van der Waals surface area contributed by atoms with Crippen LogP contribution in [0.25, 0.3) is 5.69 Å². The lowest BCUT2D eigenvalue weighted by atomic mass is 9.97. The zero-order valence-electron chi connectivity index (χ0n) is 14.3. The number of rotatable bonds is 5. The molecule has 0 saturated heterocycles. The molecule has 1 atom stereocenters. The Balaban J connectivity index is 1.45. The fourth-order valence-corrected chi connectivity index (χ4v) is 3.27. The maximum atomic E-state index is 5.38. The number of nitrogens with zero attached hydrogens (tertiary/aromatic N) is 2. The molecule has 4 rings (SSSR count). The van der Waals surface area contributed by atoms with Crippen molar-refractivity contribution in [1.29, 1.82) is 0 Å². The lowest BCUT2D eigenvalue weighted by Gasteiger charge is -2.28. The van der Waals surface area contributed by atoms with E-state index in [0.29, 0.717) is 6.04 Å². The summed E-state index contributed by atoms with van der Waals surface area (Å²) in [4.78, 5) is 4.09. The Hall–Kier alpha value is -2.79. The summed E-state index contributed by atoms with van der Waals surface area (Å²) >= 11 is 0. The Morgan fingerprint density at radius 3 is 2.88 bits per heavy atom. The second-order valence-corrected chi connectivity index (χ2v) is 6.24. The van der Waals surface area contributed by atoms with Gasteiger partial charge in [-0.25, -0.2) is 4.98 Å². The Morgan fingerprint density at radius 1 is 1.24 bits per heavy atom. The topological polar surface area (TPSA) is 51.1 Å². The smallest absolute Gasteiger partial charge is 0.119 e. The van der Waals surface area contributed by atoms with Gasteiger partial charge in [-0.3, -0.25) is 0 Å². The van der Waals surface area contributed by atoms with E-state index in [9.17, 15) is 0 Å². The van der Waals surface area contributed by atoms with Gasteiger partial charge < -0.3 is 19.9 Å². The van der Waals surface area contributed by atoms with E-state index in [1.807, 2.05) is 23.2 Å². The zero-order chi connectivity index (χ0) is 17.1. The van der Waals surface area contributed by atoms with Crippen LogP contribution in [0, 0.1) is 0 Å². The number of anilines is 1. The van der Waals surface area contributed by atoms with Crippen molar-refractivity contribution in [2.24, 2.45) is 0 Å². The molecule has 0 saturated carbocycles. The number of hydrogen-bond acceptors (Lipinski definition) is 4. The van der Waals surface area contributed by atoms with Crippen LogP contribution in [0.4, 0.5) is 5.69 Å². The van der Waals surface area contributed by atoms with Gasteiger partial charge in [0, 0.05) is 42.9 Å². The highest BCUT2D eigenvalue weighted by Gasteiger charge is 2.20. The third-order valence-electron chi connectivity index (χ3n) is 4.67. The van der Waals surface area contributed by atoms with Crippen molar-refractivity contribution in [3.8, 4) is 11.4 Å². The van der Waals surface area contributed by atoms with Crippen LogP contribution < -0.4 is 15.4 Å². The molecule has 2 N–H and O–H groups in total. The third-order valence-corrected chi connectivity index (χ3v) is 4.67. The Labute approximate surface area is 147 Å². The molecule has 5 nitrogen and oxygen atoms in total. The van der Waals surface area contributed by atoms with Crippen molar-refractivity contribution in [3.63, 3.8) is 0 Å². The largest absolute Gasteiger partial charge is 0.497 e. The van der Waals surface area contributed by atoms with Crippen molar-refractivity contribution in [3.05, 3.63) is 72.3 Å². The second kappa shape index (κ2) is 6.99. The van der Waals surface area contributed by atoms with Crippen LogP contribution >= 0.6 is 0 Å². The minimum absolute atomic E-state index is 0.333. The minimum Gasteiger partial charge on any atom is -0.497 e. The van der Waals surface area contributed by atoms with Crippen molar-refractivity contribution < 1.29 is 4.74 Å². The Bertz CT molecular complexity index is 827. The van der Waals surface area contributed by atoms with Crippen LogP contribution in [-0.2, 0) is 6.54 Å². The van der Waals surface area contributed by atoms with Crippen molar-refractivity contribution >= 4 is 5.69 Å². The van der Waals surface area contributed by atoms with Crippen molar-refractivity contribution in [1.82, 2.24) is 14.9 Å². The minimum atomic E-state index is 0.333. The standard InChI is InChI=1S/C20H22N4O/c1-25-17-6-7-19-18(12-17)20(8-9-22-19)23-13-15-2-4-16(5-3-15)24-11-10-21-14-24/h2-7,10-12,14,20,22-23H,8-9,13H2,1H3. The number of hydrogen-bond donors (Lipinski definition) is 2.